The van der Waals surface area contributed by atoms with Crippen LogP contribution in [-0.2, 0) is 14.3 Å². The predicted molar refractivity (Wildman–Crippen MR) is 23.6 cm³/mol. The molecule has 3 nitrogen and oxygen atoms in total. The van der Waals surface area contributed by atoms with Gasteiger partial charge in [-0.3, -0.25) is 9.59 Å². The van der Waals surface area contributed by atoms with Crippen LogP contribution in [0.3, 0.4) is 0 Å². The standard InChI is InChI=1S/C4H6O3.Cs.H/c1-3(5)7-4(2)6;;/h1-2H3;;/q;+1;-1. The molecule has 0 aromatic heterocycles. The third-order valence-corrected chi connectivity index (χ3v) is 0.287. The van der Waals surface area contributed by atoms with Crippen LogP contribution in [-0.4, -0.2) is 11.9 Å². The molecule has 0 aromatic carbocycles. The molecule has 0 radical (unpaired) electrons. The fourth-order valence-corrected chi connectivity index (χ4v) is 0.202. The van der Waals surface area contributed by atoms with Crippen LogP contribution in [0.2, 0.25) is 0 Å². The van der Waals surface area contributed by atoms with Crippen LogP contribution in [0.1, 0.15) is 15.3 Å². The zero-order valence-electron chi connectivity index (χ0n) is 6.22. The molecule has 0 N–H and O–H groups in total. The van der Waals surface area contributed by atoms with Crippen molar-refractivity contribution >= 4 is 11.9 Å². The Morgan fingerprint density at radius 1 is 1.25 bits per heavy atom. The van der Waals surface area contributed by atoms with Gasteiger partial charge in [-0.05, 0) is 0 Å². The molecule has 0 saturated carbocycles. The molecule has 0 heterocycles. The maximum Gasteiger partial charge on any atom is 1.00 e. The quantitative estimate of drug-likeness (QED) is 0.337. The van der Waals surface area contributed by atoms with E-state index < -0.39 is 11.9 Å². The van der Waals surface area contributed by atoms with Gasteiger partial charge >= 0.3 is 80.8 Å². The van der Waals surface area contributed by atoms with Crippen molar-refractivity contribution in [3.05, 3.63) is 0 Å². The number of hydrogen-bond acceptors (Lipinski definition) is 3. The van der Waals surface area contributed by atoms with Crippen molar-refractivity contribution in [2.75, 3.05) is 0 Å². The van der Waals surface area contributed by atoms with E-state index in [2.05, 4.69) is 4.74 Å². The summed E-state index contributed by atoms with van der Waals surface area (Å²) in [6, 6.07) is 0. The van der Waals surface area contributed by atoms with Gasteiger partial charge in [-0.25, -0.2) is 0 Å². The average Bonchev–Trinajstić information content (AvgIpc) is 1.27. The normalized spacial score (nSPS) is 6.75. The third kappa shape index (κ3) is 10.2. The topological polar surface area (TPSA) is 43.4 Å². The van der Waals surface area contributed by atoms with Crippen molar-refractivity contribution in [3.8, 4) is 0 Å². The van der Waals surface area contributed by atoms with Crippen molar-refractivity contribution in [2.24, 2.45) is 0 Å². The minimum Gasteiger partial charge on any atom is -1.00 e. The average molecular weight is 236 g/mol. The summed E-state index contributed by atoms with van der Waals surface area (Å²) in [6.45, 7) is 2.36. The van der Waals surface area contributed by atoms with Gasteiger partial charge in [0.05, 0.1) is 0 Å². The van der Waals surface area contributed by atoms with Crippen LogP contribution in [0.25, 0.3) is 0 Å². The smallest absolute Gasteiger partial charge is 1.00 e. The maximum atomic E-state index is 9.81. The number of esters is 2. The summed E-state index contributed by atoms with van der Waals surface area (Å²) in [7, 11) is 0. The molecule has 0 unspecified atom stereocenters. The predicted octanol–water partition coefficient (Wildman–Crippen LogP) is -2.79. The first-order valence-corrected chi connectivity index (χ1v) is 1.82. The molecule has 0 atom stereocenters. The van der Waals surface area contributed by atoms with Crippen molar-refractivity contribution in [3.63, 3.8) is 0 Å². The largest absolute Gasteiger partial charge is 1.00 e. The molecule has 0 spiro atoms. The Kier molecular flexibility index (Phi) is 9.41. The zero-order valence-corrected chi connectivity index (χ0v) is 11.5. The monoisotopic (exact) mass is 236 g/mol. The third-order valence-electron chi connectivity index (χ3n) is 0.287. The van der Waals surface area contributed by atoms with Crippen molar-refractivity contribution in [1.29, 1.82) is 0 Å². The van der Waals surface area contributed by atoms with E-state index in [9.17, 15) is 9.59 Å². The summed E-state index contributed by atoms with van der Waals surface area (Å²) in [5.41, 5.74) is 0. The fourth-order valence-electron chi connectivity index (χ4n) is 0.202. The Hall–Kier alpha value is 1.19. The molecular formula is C4H7CsO3. The van der Waals surface area contributed by atoms with Gasteiger partial charge in [0.2, 0.25) is 0 Å². The molecular weight excluding hydrogens is 229 g/mol. The second-order valence-electron chi connectivity index (χ2n) is 1.09. The number of hydrogen-bond donors (Lipinski definition) is 0. The minimum atomic E-state index is -0.562. The Balaban J connectivity index is -0.000000180. The van der Waals surface area contributed by atoms with Gasteiger partial charge < -0.3 is 6.16 Å². The molecule has 0 aliphatic rings. The number of rotatable bonds is 0. The van der Waals surface area contributed by atoms with Crippen LogP contribution in [0.4, 0.5) is 0 Å². The second-order valence-corrected chi connectivity index (χ2v) is 1.09. The molecule has 0 aliphatic carbocycles. The summed E-state index contributed by atoms with van der Waals surface area (Å²) in [6.07, 6.45) is 0. The summed E-state index contributed by atoms with van der Waals surface area (Å²) in [4.78, 5) is 19.6. The number of carbonyl (C=O) groups excluding carboxylic acids is 2. The summed E-state index contributed by atoms with van der Waals surface area (Å²) < 4.78 is 3.97. The van der Waals surface area contributed by atoms with Crippen LogP contribution in [0, 0.1) is 0 Å². The van der Waals surface area contributed by atoms with Gasteiger partial charge in [-0.1, -0.05) is 0 Å². The van der Waals surface area contributed by atoms with Gasteiger partial charge in [0.25, 0.3) is 0 Å². The zero-order chi connectivity index (χ0) is 5.86. The first-order chi connectivity index (χ1) is 3.13. The first-order valence-electron chi connectivity index (χ1n) is 1.82. The van der Waals surface area contributed by atoms with E-state index in [1.165, 1.54) is 13.8 Å². The van der Waals surface area contributed by atoms with E-state index in [-0.39, 0.29) is 70.3 Å². The van der Waals surface area contributed by atoms with Gasteiger partial charge in [0, 0.05) is 13.8 Å². The summed E-state index contributed by atoms with van der Waals surface area (Å²) in [5, 5.41) is 0. The number of carbonyl (C=O) groups is 2. The number of ether oxygens (including phenoxy) is 1. The maximum absolute atomic E-state index is 9.81. The summed E-state index contributed by atoms with van der Waals surface area (Å²) >= 11 is 0. The molecule has 0 bridgehead atoms. The SMILES string of the molecule is CC(=O)OC(C)=O.[Cs+].[H-]. The Bertz CT molecular complexity index is 92.0. The van der Waals surface area contributed by atoms with Crippen LogP contribution >= 0.6 is 0 Å². The second kappa shape index (κ2) is 6.31. The van der Waals surface area contributed by atoms with E-state index in [4.69, 9.17) is 0 Å². The Morgan fingerprint density at radius 2 is 1.50 bits per heavy atom. The van der Waals surface area contributed by atoms with E-state index in [0.717, 1.165) is 0 Å². The van der Waals surface area contributed by atoms with E-state index in [1.54, 1.807) is 0 Å². The molecule has 0 aliphatic heterocycles. The van der Waals surface area contributed by atoms with Gasteiger partial charge in [0.1, 0.15) is 0 Å². The molecule has 0 saturated heterocycles. The van der Waals surface area contributed by atoms with Crippen molar-refractivity contribution in [2.45, 2.75) is 13.8 Å². The van der Waals surface area contributed by atoms with Crippen LogP contribution in [0.15, 0.2) is 0 Å². The molecule has 0 rings (SSSR count). The van der Waals surface area contributed by atoms with Crippen LogP contribution in [0.5, 0.6) is 0 Å². The summed E-state index contributed by atoms with van der Waals surface area (Å²) in [5.74, 6) is -1.12. The molecule has 0 amide bonds. The molecule has 42 valence electrons. The molecule has 8 heavy (non-hydrogen) atoms. The van der Waals surface area contributed by atoms with E-state index in [0.29, 0.717) is 0 Å². The van der Waals surface area contributed by atoms with E-state index >= 15 is 0 Å². The van der Waals surface area contributed by atoms with Gasteiger partial charge in [-0.2, -0.15) is 0 Å². The van der Waals surface area contributed by atoms with Crippen molar-refractivity contribution < 1.29 is 84.6 Å². The van der Waals surface area contributed by atoms with Gasteiger partial charge in [0.15, 0.2) is 0 Å². The molecule has 0 fully saturated rings. The molecule has 4 heteroatoms. The Labute approximate surface area is 108 Å². The van der Waals surface area contributed by atoms with Crippen molar-refractivity contribution in [1.82, 2.24) is 0 Å². The first kappa shape index (κ1) is 11.9. The molecule has 0 aromatic rings. The minimum absolute atomic E-state index is 0. The fraction of sp³-hybridized carbons (Fsp3) is 0.500. The van der Waals surface area contributed by atoms with Crippen LogP contribution < -0.4 is 68.9 Å². The van der Waals surface area contributed by atoms with E-state index in [1.807, 2.05) is 0 Å². The Morgan fingerprint density at radius 3 is 1.50 bits per heavy atom. The van der Waals surface area contributed by atoms with Gasteiger partial charge in [-0.15, -0.1) is 0 Å².